The smallest absolute Gasteiger partial charge is 0.0831 e. The van der Waals surface area contributed by atoms with E-state index < -0.39 is 0 Å². The van der Waals surface area contributed by atoms with E-state index in [1.54, 1.807) is 0 Å². The Bertz CT molecular complexity index is 629. The van der Waals surface area contributed by atoms with Gasteiger partial charge in [0, 0.05) is 19.6 Å². The number of rotatable bonds is 8. The molecule has 0 spiro atoms. The molecule has 1 N–H and O–H groups in total. The Morgan fingerprint density at radius 2 is 1.84 bits per heavy atom. The highest BCUT2D eigenvalue weighted by molar-refractivity contribution is 5.34. The van der Waals surface area contributed by atoms with Crippen LogP contribution < -0.4 is 0 Å². The molecule has 5 nitrogen and oxygen atoms in total. The predicted molar refractivity (Wildman–Crippen MR) is 100.0 cm³/mol. The zero-order valence-electron chi connectivity index (χ0n) is 15.3. The lowest BCUT2D eigenvalue weighted by molar-refractivity contribution is 0.0832. The Labute approximate surface area is 150 Å². The maximum absolute atomic E-state index is 9.57. The number of aliphatic hydroxyl groups is 1. The van der Waals surface area contributed by atoms with Gasteiger partial charge in [0.05, 0.1) is 23.7 Å². The summed E-state index contributed by atoms with van der Waals surface area (Å²) in [6, 6.07) is 8.62. The van der Waals surface area contributed by atoms with Gasteiger partial charge >= 0.3 is 0 Å². The van der Waals surface area contributed by atoms with E-state index in [0.29, 0.717) is 0 Å². The highest BCUT2D eigenvalue weighted by Gasteiger charge is 2.16. The van der Waals surface area contributed by atoms with Crippen molar-refractivity contribution in [2.75, 3.05) is 19.6 Å². The van der Waals surface area contributed by atoms with E-state index in [-0.39, 0.29) is 6.10 Å². The third kappa shape index (κ3) is 5.38. The van der Waals surface area contributed by atoms with Crippen LogP contribution in [-0.2, 0) is 12.8 Å². The molecule has 2 heterocycles. The van der Waals surface area contributed by atoms with Crippen LogP contribution in [0, 0.1) is 0 Å². The summed E-state index contributed by atoms with van der Waals surface area (Å²) in [5, 5.41) is 18.1. The third-order valence-corrected chi connectivity index (χ3v) is 5.05. The predicted octanol–water partition coefficient (Wildman–Crippen LogP) is 3.00. The van der Waals surface area contributed by atoms with Gasteiger partial charge in [-0.1, -0.05) is 37.1 Å². The number of aliphatic hydroxyl groups excluding tert-OH is 1. The molecule has 0 radical (unpaired) electrons. The van der Waals surface area contributed by atoms with Gasteiger partial charge in [0.15, 0.2) is 0 Å². The maximum Gasteiger partial charge on any atom is 0.0831 e. The minimum absolute atomic E-state index is 0.0925. The number of piperidine rings is 1. The molecule has 0 aliphatic carbocycles. The van der Waals surface area contributed by atoms with Crippen molar-refractivity contribution < 1.29 is 5.11 Å². The number of hydrogen-bond donors (Lipinski definition) is 1. The molecular formula is C20H30N4O. The lowest BCUT2D eigenvalue weighted by atomic mass is 10.1. The van der Waals surface area contributed by atoms with E-state index in [1.807, 2.05) is 10.9 Å². The molecule has 0 saturated carbocycles. The summed E-state index contributed by atoms with van der Waals surface area (Å²) in [6.07, 6.45) is 9.49. The van der Waals surface area contributed by atoms with E-state index in [4.69, 9.17) is 0 Å². The fourth-order valence-electron chi connectivity index (χ4n) is 3.34. The largest absolute Gasteiger partial charge is 0.393 e. The van der Waals surface area contributed by atoms with Crippen LogP contribution in [0.4, 0.5) is 0 Å². The van der Waals surface area contributed by atoms with Gasteiger partial charge in [-0.15, -0.1) is 5.10 Å². The normalized spacial score (nSPS) is 16.4. The quantitative estimate of drug-likeness (QED) is 0.749. The summed E-state index contributed by atoms with van der Waals surface area (Å²) in [5.74, 6) is 0. The summed E-state index contributed by atoms with van der Waals surface area (Å²) in [6.45, 7) is 5.31. The Balaban J connectivity index is 1.50. The van der Waals surface area contributed by atoms with E-state index >= 15 is 0 Å². The summed E-state index contributed by atoms with van der Waals surface area (Å²) >= 11 is 0. The van der Waals surface area contributed by atoms with Crippen molar-refractivity contribution in [3.05, 3.63) is 41.7 Å². The first kappa shape index (κ1) is 18.1. The first-order chi connectivity index (χ1) is 12.2. The fourth-order valence-corrected chi connectivity index (χ4v) is 3.34. The van der Waals surface area contributed by atoms with E-state index in [9.17, 15) is 5.11 Å². The van der Waals surface area contributed by atoms with E-state index in [2.05, 4.69) is 46.4 Å². The topological polar surface area (TPSA) is 54.2 Å². The van der Waals surface area contributed by atoms with E-state index in [0.717, 1.165) is 56.7 Å². The molecule has 1 aliphatic heterocycles. The molecule has 0 unspecified atom stereocenters. The minimum Gasteiger partial charge on any atom is -0.393 e. The van der Waals surface area contributed by atoms with Gasteiger partial charge in [-0.05, 0) is 49.8 Å². The van der Waals surface area contributed by atoms with Crippen LogP contribution >= 0.6 is 0 Å². The van der Waals surface area contributed by atoms with Crippen LogP contribution in [0.25, 0.3) is 5.69 Å². The van der Waals surface area contributed by atoms with Crippen LogP contribution in [0.15, 0.2) is 30.5 Å². The first-order valence-electron chi connectivity index (χ1n) is 9.65. The van der Waals surface area contributed by atoms with Gasteiger partial charge < -0.3 is 10.0 Å². The van der Waals surface area contributed by atoms with Crippen LogP contribution in [-0.4, -0.2) is 50.7 Å². The van der Waals surface area contributed by atoms with Crippen LogP contribution in [0.5, 0.6) is 0 Å². The molecule has 0 atom stereocenters. The molecule has 25 heavy (non-hydrogen) atoms. The summed E-state index contributed by atoms with van der Waals surface area (Å²) in [5.41, 5.74) is 3.49. The Morgan fingerprint density at radius 3 is 2.56 bits per heavy atom. The van der Waals surface area contributed by atoms with Crippen molar-refractivity contribution in [3.63, 3.8) is 0 Å². The maximum atomic E-state index is 9.57. The van der Waals surface area contributed by atoms with Crippen molar-refractivity contribution in [2.24, 2.45) is 0 Å². The number of aryl methyl sites for hydroxylation is 1. The average Bonchev–Trinajstić information content (AvgIpc) is 3.11. The monoisotopic (exact) mass is 342 g/mol. The van der Waals surface area contributed by atoms with Crippen molar-refractivity contribution in [1.82, 2.24) is 19.9 Å². The lowest BCUT2D eigenvalue weighted by Crippen LogP contribution is -2.37. The van der Waals surface area contributed by atoms with Gasteiger partial charge in [0.2, 0.25) is 0 Å². The summed E-state index contributed by atoms with van der Waals surface area (Å²) in [4.78, 5) is 2.45. The number of nitrogens with zero attached hydrogens (tertiary/aromatic N) is 4. The van der Waals surface area contributed by atoms with Gasteiger partial charge in [0.25, 0.3) is 0 Å². The van der Waals surface area contributed by atoms with Gasteiger partial charge in [0.1, 0.15) is 0 Å². The molecule has 2 aromatic rings. The van der Waals surface area contributed by atoms with E-state index in [1.165, 1.54) is 24.8 Å². The van der Waals surface area contributed by atoms with Crippen LogP contribution in [0.3, 0.4) is 0 Å². The molecule has 1 saturated heterocycles. The fraction of sp³-hybridized carbons (Fsp3) is 0.600. The average molecular weight is 342 g/mol. The molecule has 1 aromatic heterocycles. The minimum atomic E-state index is -0.0925. The molecule has 0 bridgehead atoms. The lowest BCUT2D eigenvalue weighted by Gasteiger charge is -2.29. The highest BCUT2D eigenvalue weighted by Crippen LogP contribution is 2.13. The van der Waals surface area contributed by atoms with Crippen molar-refractivity contribution in [1.29, 1.82) is 0 Å². The second-order valence-electron chi connectivity index (χ2n) is 7.10. The van der Waals surface area contributed by atoms with Crippen molar-refractivity contribution in [2.45, 2.75) is 58.0 Å². The first-order valence-corrected chi connectivity index (χ1v) is 9.65. The number of unbranched alkanes of at least 4 members (excludes halogenated alkanes) is 2. The van der Waals surface area contributed by atoms with Gasteiger partial charge in [-0.2, -0.15) is 0 Å². The Morgan fingerprint density at radius 1 is 1.08 bits per heavy atom. The van der Waals surface area contributed by atoms with Crippen molar-refractivity contribution in [3.8, 4) is 5.69 Å². The molecule has 5 heteroatoms. The van der Waals surface area contributed by atoms with Crippen LogP contribution in [0.2, 0.25) is 0 Å². The van der Waals surface area contributed by atoms with Crippen molar-refractivity contribution >= 4 is 0 Å². The number of hydrogen-bond acceptors (Lipinski definition) is 4. The Hall–Kier alpha value is -1.72. The standard InChI is InChI=1S/C20H30N4O/c1-2-3-4-5-18-16-24(22-21-18)19-8-6-17(7-9-19)10-13-23-14-11-20(25)12-15-23/h6-9,16,20,25H,2-5,10-15H2,1H3. The molecule has 1 aromatic carbocycles. The summed E-state index contributed by atoms with van der Waals surface area (Å²) in [7, 11) is 0. The molecular weight excluding hydrogens is 312 g/mol. The Kier molecular flexibility index (Phi) is 6.59. The van der Waals surface area contributed by atoms with Gasteiger partial charge in [-0.3, -0.25) is 0 Å². The SMILES string of the molecule is CCCCCc1cn(-c2ccc(CCN3CCC(O)CC3)cc2)nn1. The number of benzene rings is 1. The molecule has 1 aliphatic rings. The second-order valence-corrected chi connectivity index (χ2v) is 7.10. The number of aromatic nitrogens is 3. The van der Waals surface area contributed by atoms with Crippen LogP contribution in [0.1, 0.15) is 50.3 Å². The molecule has 136 valence electrons. The highest BCUT2D eigenvalue weighted by atomic mass is 16.3. The zero-order chi connectivity index (χ0) is 17.5. The molecule has 0 amide bonds. The summed E-state index contributed by atoms with van der Waals surface area (Å²) < 4.78 is 1.87. The van der Waals surface area contributed by atoms with Gasteiger partial charge in [-0.25, -0.2) is 4.68 Å². The zero-order valence-corrected chi connectivity index (χ0v) is 15.3. The number of likely N-dealkylation sites (tertiary alicyclic amines) is 1. The molecule has 3 rings (SSSR count). The second kappa shape index (κ2) is 9.11. The third-order valence-electron chi connectivity index (χ3n) is 5.05. The molecule has 1 fully saturated rings.